The van der Waals surface area contributed by atoms with Gasteiger partial charge in [0, 0.05) is 0 Å². The largest absolute Gasteiger partial charge is 0.366 e. The summed E-state index contributed by atoms with van der Waals surface area (Å²) in [4.78, 5) is 4.45. The Morgan fingerprint density at radius 3 is 2.70 bits per heavy atom. The number of aryl methyl sites for hydroxylation is 2. The number of para-hydroxylation sites is 1. The summed E-state index contributed by atoms with van der Waals surface area (Å²) in [5.74, 6) is 0. The molecule has 0 saturated carbocycles. The SMILES string of the molecule is Cc1cc2ncn(CNc3ccccc3Cl)c2cc1C. The Kier molecular flexibility index (Phi) is 3.36. The van der Waals surface area contributed by atoms with E-state index in [9.17, 15) is 0 Å². The van der Waals surface area contributed by atoms with Crippen LogP contribution in [0.2, 0.25) is 5.02 Å². The maximum atomic E-state index is 6.14. The van der Waals surface area contributed by atoms with Gasteiger partial charge < -0.3 is 9.88 Å². The summed E-state index contributed by atoms with van der Waals surface area (Å²) in [6.45, 7) is 4.87. The van der Waals surface area contributed by atoms with E-state index in [0.29, 0.717) is 6.67 Å². The molecule has 0 fully saturated rings. The molecule has 3 rings (SSSR count). The number of hydrogen-bond acceptors (Lipinski definition) is 2. The molecule has 0 unspecified atom stereocenters. The summed E-state index contributed by atoms with van der Waals surface area (Å²) in [6.07, 6.45) is 1.85. The van der Waals surface area contributed by atoms with Gasteiger partial charge in [-0.25, -0.2) is 4.98 Å². The van der Waals surface area contributed by atoms with Gasteiger partial charge in [-0.15, -0.1) is 0 Å². The van der Waals surface area contributed by atoms with E-state index in [1.807, 2.05) is 30.6 Å². The van der Waals surface area contributed by atoms with Gasteiger partial charge >= 0.3 is 0 Å². The third-order valence-corrected chi connectivity index (χ3v) is 3.88. The van der Waals surface area contributed by atoms with Crippen molar-refractivity contribution in [1.82, 2.24) is 9.55 Å². The highest BCUT2D eigenvalue weighted by Gasteiger charge is 2.05. The van der Waals surface area contributed by atoms with Gasteiger partial charge in [-0.3, -0.25) is 0 Å². The zero-order valence-electron chi connectivity index (χ0n) is 11.5. The number of anilines is 1. The molecule has 0 saturated heterocycles. The van der Waals surface area contributed by atoms with Gasteiger partial charge in [0.2, 0.25) is 0 Å². The van der Waals surface area contributed by atoms with Crippen LogP contribution >= 0.6 is 11.6 Å². The lowest BCUT2D eigenvalue weighted by molar-refractivity contribution is 0.800. The monoisotopic (exact) mass is 285 g/mol. The van der Waals surface area contributed by atoms with Crippen molar-refractivity contribution in [2.24, 2.45) is 0 Å². The minimum absolute atomic E-state index is 0.642. The van der Waals surface area contributed by atoms with Crippen LogP contribution in [0.15, 0.2) is 42.7 Å². The third-order valence-electron chi connectivity index (χ3n) is 3.55. The van der Waals surface area contributed by atoms with Crippen LogP contribution in [-0.4, -0.2) is 9.55 Å². The summed E-state index contributed by atoms with van der Waals surface area (Å²) < 4.78 is 2.09. The van der Waals surface area contributed by atoms with Gasteiger partial charge in [0.05, 0.1) is 34.7 Å². The Balaban J connectivity index is 1.88. The number of benzene rings is 2. The molecule has 0 aliphatic heterocycles. The summed E-state index contributed by atoms with van der Waals surface area (Å²) >= 11 is 6.14. The first-order chi connectivity index (χ1) is 9.65. The highest BCUT2D eigenvalue weighted by molar-refractivity contribution is 6.33. The fourth-order valence-corrected chi connectivity index (χ4v) is 2.42. The zero-order valence-corrected chi connectivity index (χ0v) is 12.3. The molecule has 20 heavy (non-hydrogen) atoms. The minimum Gasteiger partial charge on any atom is -0.366 e. The van der Waals surface area contributed by atoms with E-state index in [0.717, 1.165) is 21.7 Å². The van der Waals surface area contributed by atoms with Crippen molar-refractivity contribution < 1.29 is 0 Å². The predicted molar refractivity (Wildman–Crippen MR) is 84.3 cm³/mol. The first kappa shape index (κ1) is 13.0. The quantitative estimate of drug-likeness (QED) is 0.774. The van der Waals surface area contributed by atoms with E-state index in [2.05, 4.69) is 40.8 Å². The number of hydrogen-bond donors (Lipinski definition) is 1. The van der Waals surface area contributed by atoms with Crippen molar-refractivity contribution in [3.05, 3.63) is 58.9 Å². The van der Waals surface area contributed by atoms with Crippen LogP contribution in [0.5, 0.6) is 0 Å². The summed E-state index contributed by atoms with van der Waals surface area (Å²) in [5, 5.41) is 4.06. The van der Waals surface area contributed by atoms with E-state index in [4.69, 9.17) is 11.6 Å². The van der Waals surface area contributed by atoms with E-state index in [-0.39, 0.29) is 0 Å². The molecular formula is C16H16ClN3. The van der Waals surface area contributed by atoms with Gasteiger partial charge in [-0.05, 0) is 49.2 Å². The second kappa shape index (κ2) is 5.17. The van der Waals surface area contributed by atoms with Crippen molar-refractivity contribution in [3.8, 4) is 0 Å². The highest BCUT2D eigenvalue weighted by atomic mass is 35.5. The predicted octanol–water partition coefficient (Wildman–Crippen LogP) is 4.38. The topological polar surface area (TPSA) is 29.9 Å². The Morgan fingerprint density at radius 2 is 1.90 bits per heavy atom. The van der Waals surface area contributed by atoms with Crippen molar-refractivity contribution in [2.45, 2.75) is 20.5 Å². The molecule has 0 aliphatic carbocycles. The van der Waals surface area contributed by atoms with Crippen LogP contribution in [0.4, 0.5) is 5.69 Å². The molecule has 0 amide bonds. The molecule has 0 bridgehead atoms. The minimum atomic E-state index is 0.642. The van der Waals surface area contributed by atoms with Crippen LogP contribution in [0.1, 0.15) is 11.1 Å². The van der Waals surface area contributed by atoms with E-state index < -0.39 is 0 Å². The molecule has 0 aliphatic rings. The van der Waals surface area contributed by atoms with Crippen LogP contribution in [0.3, 0.4) is 0 Å². The van der Waals surface area contributed by atoms with Crippen molar-refractivity contribution in [3.63, 3.8) is 0 Å². The maximum absolute atomic E-state index is 6.14. The lowest BCUT2D eigenvalue weighted by Crippen LogP contribution is -2.07. The average Bonchev–Trinajstić information content (AvgIpc) is 2.81. The molecule has 102 valence electrons. The Morgan fingerprint density at radius 1 is 1.15 bits per heavy atom. The van der Waals surface area contributed by atoms with Gasteiger partial charge in [0.15, 0.2) is 0 Å². The molecule has 1 aromatic heterocycles. The molecule has 1 N–H and O–H groups in total. The lowest BCUT2D eigenvalue weighted by Gasteiger charge is -2.10. The second-order valence-corrected chi connectivity index (χ2v) is 5.36. The number of imidazole rings is 1. The lowest BCUT2D eigenvalue weighted by atomic mass is 10.1. The van der Waals surface area contributed by atoms with Gasteiger partial charge in [-0.2, -0.15) is 0 Å². The van der Waals surface area contributed by atoms with Crippen molar-refractivity contribution in [1.29, 1.82) is 0 Å². The number of rotatable bonds is 3. The molecule has 1 heterocycles. The van der Waals surface area contributed by atoms with Gasteiger partial charge in [-0.1, -0.05) is 23.7 Å². The zero-order chi connectivity index (χ0) is 14.1. The Labute approximate surface area is 123 Å². The standard InChI is InChI=1S/C16H16ClN3/c1-11-7-15-16(8-12(11)2)20(10-19-15)9-18-14-6-4-3-5-13(14)17/h3-8,10,18H,9H2,1-2H3. The molecule has 0 radical (unpaired) electrons. The second-order valence-electron chi connectivity index (χ2n) is 4.95. The number of aromatic nitrogens is 2. The molecule has 0 atom stereocenters. The molecule has 3 nitrogen and oxygen atoms in total. The van der Waals surface area contributed by atoms with Crippen LogP contribution in [0.25, 0.3) is 11.0 Å². The molecule has 3 aromatic rings. The number of halogens is 1. The molecule has 2 aromatic carbocycles. The first-order valence-electron chi connectivity index (χ1n) is 6.55. The molecular weight excluding hydrogens is 270 g/mol. The average molecular weight is 286 g/mol. The molecule has 0 spiro atoms. The fraction of sp³-hybridized carbons (Fsp3) is 0.188. The van der Waals surface area contributed by atoms with Crippen molar-refractivity contribution in [2.75, 3.05) is 5.32 Å². The van der Waals surface area contributed by atoms with E-state index in [1.54, 1.807) is 0 Å². The Bertz CT molecular complexity index is 762. The van der Waals surface area contributed by atoms with Crippen LogP contribution in [0, 0.1) is 13.8 Å². The van der Waals surface area contributed by atoms with E-state index in [1.165, 1.54) is 11.1 Å². The van der Waals surface area contributed by atoms with Crippen LogP contribution < -0.4 is 5.32 Å². The highest BCUT2D eigenvalue weighted by Crippen LogP contribution is 2.22. The Hall–Kier alpha value is -2.00. The third kappa shape index (κ3) is 2.37. The normalized spacial score (nSPS) is 10.9. The fourth-order valence-electron chi connectivity index (χ4n) is 2.21. The first-order valence-corrected chi connectivity index (χ1v) is 6.93. The van der Waals surface area contributed by atoms with Gasteiger partial charge in [0.1, 0.15) is 0 Å². The smallest absolute Gasteiger partial charge is 0.0973 e. The maximum Gasteiger partial charge on any atom is 0.0973 e. The number of nitrogens with zero attached hydrogens (tertiary/aromatic N) is 2. The number of nitrogens with one attached hydrogen (secondary N) is 1. The molecule has 4 heteroatoms. The summed E-state index contributed by atoms with van der Waals surface area (Å²) in [5.41, 5.74) is 5.63. The summed E-state index contributed by atoms with van der Waals surface area (Å²) in [6, 6.07) is 12.0. The number of fused-ring (bicyclic) bond motifs is 1. The van der Waals surface area contributed by atoms with Gasteiger partial charge in [0.25, 0.3) is 0 Å². The van der Waals surface area contributed by atoms with Crippen molar-refractivity contribution >= 4 is 28.3 Å². The summed E-state index contributed by atoms with van der Waals surface area (Å²) in [7, 11) is 0. The van der Waals surface area contributed by atoms with Crippen LogP contribution in [-0.2, 0) is 6.67 Å². The van der Waals surface area contributed by atoms with E-state index >= 15 is 0 Å².